The Balaban J connectivity index is 2.06. The van der Waals surface area contributed by atoms with Crippen molar-refractivity contribution in [1.82, 2.24) is 5.32 Å². The van der Waals surface area contributed by atoms with Gasteiger partial charge in [-0.1, -0.05) is 12.1 Å². The Morgan fingerprint density at radius 1 is 1.50 bits per heavy atom. The fourth-order valence-corrected chi connectivity index (χ4v) is 2.31. The van der Waals surface area contributed by atoms with Crippen molar-refractivity contribution in [3.8, 4) is 0 Å². The van der Waals surface area contributed by atoms with Gasteiger partial charge in [0.05, 0.1) is 5.56 Å². The first kappa shape index (κ1) is 11.6. The Hall–Kier alpha value is -0.870. The summed E-state index contributed by atoms with van der Waals surface area (Å²) in [5.74, 6) is -0.0209. The summed E-state index contributed by atoms with van der Waals surface area (Å²) in [6, 6.07) is 6.19. The average Bonchev–Trinajstić information content (AvgIpc) is 2.19. The molecule has 3 N–H and O–H groups in total. The molecule has 0 atom stereocenters. The second kappa shape index (κ2) is 4.55. The van der Waals surface area contributed by atoms with Gasteiger partial charge in [-0.2, -0.15) is 0 Å². The number of nitrogens with one attached hydrogen (secondary N) is 1. The minimum absolute atomic E-state index is 0.0209. The zero-order valence-electron chi connectivity index (χ0n) is 9.16. The van der Waals surface area contributed by atoms with E-state index >= 15 is 0 Å². The lowest BCUT2D eigenvalue weighted by Crippen LogP contribution is -2.50. The van der Waals surface area contributed by atoms with Crippen LogP contribution in [0.25, 0.3) is 0 Å². The van der Waals surface area contributed by atoms with Crippen molar-refractivity contribution in [2.24, 2.45) is 5.73 Å². The largest absolute Gasteiger partial charge is 0.349 e. The molecule has 1 aliphatic carbocycles. The summed E-state index contributed by atoms with van der Waals surface area (Å²) in [4.78, 5) is 11.9. The fraction of sp³-hybridized carbons (Fsp3) is 0.417. The molecule has 1 aromatic carbocycles. The van der Waals surface area contributed by atoms with E-state index in [9.17, 15) is 4.79 Å². The van der Waals surface area contributed by atoms with Crippen LogP contribution in [-0.4, -0.2) is 18.0 Å². The van der Waals surface area contributed by atoms with Crippen molar-refractivity contribution in [2.75, 3.05) is 0 Å². The summed E-state index contributed by atoms with van der Waals surface area (Å²) in [7, 11) is 0. The average molecular weight is 283 g/mol. The molecule has 0 radical (unpaired) electrons. The molecule has 0 aromatic heterocycles. The van der Waals surface area contributed by atoms with Gasteiger partial charge in [0.2, 0.25) is 0 Å². The van der Waals surface area contributed by atoms with E-state index in [-0.39, 0.29) is 18.0 Å². The molecule has 86 valence electrons. The highest BCUT2D eigenvalue weighted by atomic mass is 79.9. The minimum atomic E-state index is -0.0209. The quantitative estimate of drug-likeness (QED) is 0.872. The van der Waals surface area contributed by atoms with Crippen LogP contribution < -0.4 is 11.1 Å². The van der Waals surface area contributed by atoms with E-state index in [4.69, 9.17) is 5.73 Å². The van der Waals surface area contributed by atoms with Crippen LogP contribution in [0.2, 0.25) is 0 Å². The first-order valence-electron chi connectivity index (χ1n) is 5.39. The lowest BCUT2D eigenvalue weighted by atomic mass is 9.87. The monoisotopic (exact) mass is 282 g/mol. The molecule has 1 fully saturated rings. The van der Waals surface area contributed by atoms with Crippen LogP contribution in [-0.2, 0) is 0 Å². The Bertz CT molecular complexity index is 413. The van der Waals surface area contributed by atoms with E-state index in [1.54, 1.807) is 0 Å². The summed E-state index contributed by atoms with van der Waals surface area (Å²) >= 11 is 3.44. The maximum Gasteiger partial charge on any atom is 0.252 e. The molecular formula is C12H15BrN2O. The number of hydrogen-bond acceptors (Lipinski definition) is 2. The van der Waals surface area contributed by atoms with E-state index in [0.29, 0.717) is 5.56 Å². The summed E-state index contributed by atoms with van der Waals surface area (Å²) in [5, 5.41) is 2.98. The zero-order valence-corrected chi connectivity index (χ0v) is 10.8. The molecule has 1 amide bonds. The van der Waals surface area contributed by atoms with Gasteiger partial charge in [0.1, 0.15) is 0 Å². The Morgan fingerprint density at radius 2 is 2.19 bits per heavy atom. The van der Waals surface area contributed by atoms with Gasteiger partial charge in [0.25, 0.3) is 5.91 Å². The molecule has 0 spiro atoms. The van der Waals surface area contributed by atoms with Crippen LogP contribution in [0.5, 0.6) is 0 Å². The molecule has 0 heterocycles. The number of hydrogen-bond donors (Lipinski definition) is 2. The highest BCUT2D eigenvalue weighted by Crippen LogP contribution is 2.23. The third kappa shape index (κ3) is 2.28. The second-order valence-corrected chi connectivity index (χ2v) is 5.13. The van der Waals surface area contributed by atoms with Crippen LogP contribution in [0.4, 0.5) is 0 Å². The van der Waals surface area contributed by atoms with Gasteiger partial charge in [0, 0.05) is 16.6 Å². The molecule has 0 aliphatic heterocycles. The van der Waals surface area contributed by atoms with E-state index in [1.165, 1.54) is 0 Å². The Morgan fingerprint density at radius 3 is 2.81 bits per heavy atom. The van der Waals surface area contributed by atoms with E-state index in [1.807, 2.05) is 25.1 Å². The second-order valence-electron chi connectivity index (χ2n) is 4.34. The number of halogens is 1. The van der Waals surface area contributed by atoms with E-state index in [2.05, 4.69) is 21.2 Å². The Labute approximate surface area is 104 Å². The Kier molecular flexibility index (Phi) is 3.30. The number of benzene rings is 1. The van der Waals surface area contributed by atoms with Crippen LogP contribution in [0.3, 0.4) is 0 Å². The molecule has 0 unspecified atom stereocenters. The number of carbonyl (C=O) groups is 1. The number of amides is 1. The van der Waals surface area contributed by atoms with Crippen molar-refractivity contribution in [2.45, 2.75) is 31.8 Å². The predicted molar refractivity (Wildman–Crippen MR) is 67.3 cm³/mol. The summed E-state index contributed by atoms with van der Waals surface area (Å²) in [6.45, 7) is 1.97. The smallest absolute Gasteiger partial charge is 0.252 e. The third-order valence-electron chi connectivity index (χ3n) is 2.95. The van der Waals surface area contributed by atoms with Gasteiger partial charge in [-0.25, -0.2) is 0 Å². The number of nitrogens with two attached hydrogens (primary N) is 1. The van der Waals surface area contributed by atoms with E-state index < -0.39 is 0 Å². The van der Waals surface area contributed by atoms with Gasteiger partial charge in [0.15, 0.2) is 0 Å². The van der Waals surface area contributed by atoms with Crippen molar-refractivity contribution in [3.05, 3.63) is 33.8 Å². The van der Waals surface area contributed by atoms with Crippen LogP contribution >= 0.6 is 15.9 Å². The third-order valence-corrected chi connectivity index (χ3v) is 4.00. The summed E-state index contributed by atoms with van der Waals surface area (Å²) in [6.07, 6.45) is 1.77. The minimum Gasteiger partial charge on any atom is -0.349 e. The van der Waals surface area contributed by atoms with Crippen LogP contribution in [0.1, 0.15) is 28.8 Å². The molecule has 0 saturated heterocycles. The van der Waals surface area contributed by atoms with E-state index in [0.717, 1.165) is 22.9 Å². The molecule has 2 rings (SSSR count). The first-order valence-corrected chi connectivity index (χ1v) is 6.19. The molecule has 1 saturated carbocycles. The lowest BCUT2D eigenvalue weighted by molar-refractivity contribution is 0.0909. The highest BCUT2D eigenvalue weighted by Gasteiger charge is 2.27. The summed E-state index contributed by atoms with van der Waals surface area (Å²) < 4.78 is 0.871. The SMILES string of the molecule is Cc1cccc(C(=O)NC2CC(N)C2)c1Br. The van der Waals surface area contributed by atoms with Crippen LogP contribution in [0.15, 0.2) is 22.7 Å². The normalized spacial score (nSPS) is 23.7. The van der Waals surface area contributed by atoms with Gasteiger partial charge >= 0.3 is 0 Å². The fourth-order valence-electron chi connectivity index (χ4n) is 1.87. The summed E-state index contributed by atoms with van der Waals surface area (Å²) in [5.41, 5.74) is 7.44. The highest BCUT2D eigenvalue weighted by molar-refractivity contribution is 9.10. The predicted octanol–water partition coefficient (Wildman–Crippen LogP) is 1.98. The number of aryl methyl sites for hydroxylation is 1. The van der Waals surface area contributed by atoms with Crippen molar-refractivity contribution in [1.29, 1.82) is 0 Å². The van der Waals surface area contributed by atoms with Crippen molar-refractivity contribution < 1.29 is 4.79 Å². The molecular weight excluding hydrogens is 268 g/mol. The molecule has 0 bridgehead atoms. The number of rotatable bonds is 2. The molecule has 16 heavy (non-hydrogen) atoms. The maximum atomic E-state index is 11.9. The molecule has 3 nitrogen and oxygen atoms in total. The molecule has 1 aliphatic rings. The number of carbonyl (C=O) groups excluding carboxylic acids is 1. The molecule has 4 heteroatoms. The lowest BCUT2D eigenvalue weighted by Gasteiger charge is -2.33. The topological polar surface area (TPSA) is 55.1 Å². The van der Waals surface area contributed by atoms with Crippen molar-refractivity contribution >= 4 is 21.8 Å². The zero-order chi connectivity index (χ0) is 11.7. The van der Waals surface area contributed by atoms with Gasteiger partial charge in [-0.15, -0.1) is 0 Å². The van der Waals surface area contributed by atoms with Crippen LogP contribution in [0, 0.1) is 6.92 Å². The first-order chi connectivity index (χ1) is 7.58. The standard InChI is InChI=1S/C12H15BrN2O/c1-7-3-2-4-10(11(7)13)12(16)15-9-5-8(14)6-9/h2-4,8-9H,5-6,14H2,1H3,(H,15,16). The maximum absolute atomic E-state index is 11.9. The van der Waals surface area contributed by atoms with Gasteiger partial charge < -0.3 is 11.1 Å². The molecule has 1 aromatic rings. The van der Waals surface area contributed by atoms with Gasteiger partial charge in [-0.05, 0) is 47.3 Å². The van der Waals surface area contributed by atoms with Crippen molar-refractivity contribution in [3.63, 3.8) is 0 Å². The van der Waals surface area contributed by atoms with Gasteiger partial charge in [-0.3, -0.25) is 4.79 Å².